The predicted octanol–water partition coefficient (Wildman–Crippen LogP) is 0.0753. The second-order valence-corrected chi connectivity index (χ2v) is 6.98. The van der Waals surface area contributed by atoms with E-state index >= 15 is 0 Å². The van der Waals surface area contributed by atoms with E-state index in [2.05, 4.69) is 15.0 Å². The number of rotatable bonds is 3. The van der Waals surface area contributed by atoms with Crippen molar-refractivity contribution in [2.75, 3.05) is 52.6 Å². The van der Waals surface area contributed by atoms with E-state index in [0.29, 0.717) is 57.8 Å². The van der Waals surface area contributed by atoms with Crippen LogP contribution in [0.1, 0.15) is 18.1 Å². The number of ether oxygens (including phenoxy) is 2. The lowest BCUT2D eigenvalue weighted by atomic mass is 9.73. The van der Waals surface area contributed by atoms with Crippen LogP contribution in [0.15, 0.2) is 4.52 Å². The summed E-state index contributed by atoms with van der Waals surface area (Å²) in [5, 5.41) is 3.98. The number of morpholine rings is 1. The van der Waals surface area contributed by atoms with Gasteiger partial charge in [0.2, 0.25) is 11.8 Å². The molecule has 8 heteroatoms. The van der Waals surface area contributed by atoms with Crippen LogP contribution in [-0.4, -0.2) is 78.5 Å². The molecule has 0 aliphatic carbocycles. The molecule has 4 rings (SSSR count). The fourth-order valence-corrected chi connectivity index (χ4v) is 4.21. The number of carbonyl (C=O) groups is 1. The van der Waals surface area contributed by atoms with Crippen LogP contribution in [0.3, 0.4) is 0 Å². The van der Waals surface area contributed by atoms with Crippen LogP contribution in [0.4, 0.5) is 0 Å². The van der Waals surface area contributed by atoms with Crippen molar-refractivity contribution in [3.05, 3.63) is 11.7 Å². The average molecular weight is 336 g/mol. The van der Waals surface area contributed by atoms with Crippen molar-refractivity contribution in [2.24, 2.45) is 11.3 Å². The first-order chi connectivity index (χ1) is 11.7. The normalized spacial score (nSPS) is 31.2. The molecule has 0 aromatic carbocycles. The Morgan fingerprint density at radius 3 is 2.88 bits per heavy atom. The van der Waals surface area contributed by atoms with Gasteiger partial charge in [0.15, 0.2) is 5.82 Å². The smallest absolute Gasteiger partial charge is 0.230 e. The second-order valence-electron chi connectivity index (χ2n) is 6.98. The quantitative estimate of drug-likeness (QED) is 0.773. The van der Waals surface area contributed by atoms with Gasteiger partial charge < -0.3 is 18.9 Å². The molecule has 4 heterocycles. The number of hydrogen-bond acceptors (Lipinski definition) is 7. The summed E-state index contributed by atoms with van der Waals surface area (Å²) in [5.74, 6) is 1.76. The molecule has 2 unspecified atom stereocenters. The molecule has 1 aromatic heterocycles. The Bertz CT molecular complexity index is 601. The highest BCUT2D eigenvalue weighted by atomic mass is 16.5. The third kappa shape index (κ3) is 2.82. The van der Waals surface area contributed by atoms with Gasteiger partial charge in [0.1, 0.15) is 0 Å². The first kappa shape index (κ1) is 16.0. The predicted molar refractivity (Wildman–Crippen MR) is 83.1 cm³/mol. The van der Waals surface area contributed by atoms with Crippen LogP contribution < -0.4 is 0 Å². The first-order valence-electron chi connectivity index (χ1n) is 8.64. The molecular formula is C16H24N4O4. The van der Waals surface area contributed by atoms with E-state index < -0.39 is 0 Å². The molecule has 132 valence electrons. The number of carbonyl (C=O) groups excluding carboxylic acids is 1. The minimum atomic E-state index is -0.339. The molecule has 1 amide bonds. The summed E-state index contributed by atoms with van der Waals surface area (Å²) >= 11 is 0. The number of aromatic nitrogens is 2. The number of fused-ring (bicyclic) bond motifs is 1. The Morgan fingerprint density at radius 2 is 2.12 bits per heavy atom. The van der Waals surface area contributed by atoms with Gasteiger partial charge in [0, 0.05) is 45.6 Å². The van der Waals surface area contributed by atoms with Crippen molar-refractivity contribution in [3.63, 3.8) is 0 Å². The van der Waals surface area contributed by atoms with Crippen LogP contribution >= 0.6 is 0 Å². The molecule has 2 atom stereocenters. The minimum Gasteiger partial charge on any atom is -0.381 e. The summed E-state index contributed by atoms with van der Waals surface area (Å²) < 4.78 is 16.1. The summed E-state index contributed by atoms with van der Waals surface area (Å²) in [7, 11) is 0. The molecule has 1 aromatic rings. The zero-order valence-electron chi connectivity index (χ0n) is 14.1. The Morgan fingerprint density at radius 1 is 1.29 bits per heavy atom. The van der Waals surface area contributed by atoms with Gasteiger partial charge in [0.25, 0.3) is 0 Å². The number of aryl methyl sites for hydroxylation is 1. The van der Waals surface area contributed by atoms with Crippen LogP contribution in [0.5, 0.6) is 0 Å². The van der Waals surface area contributed by atoms with E-state index in [4.69, 9.17) is 14.0 Å². The summed E-state index contributed by atoms with van der Waals surface area (Å²) in [5.41, 5.74) is -0.339. The highest BCUT2D eigenvalue weighted by molar-refractivity contribution is 5.84. The van der Waals surface area contributed by atoms with Crippen LogP contribution in [0.25, 0.3) is 0 Å². The van der Waals surface area contributed by atoms with Gasteiger partial charge in [-0.05, 0) is 6.42 Å². The van der Waals surface area contributed by atoms with Crippen molar-refractivity contribution in [2.45, 2.75) is 19.9 Å². The van der Waals surface area contributed by atoms with Crippen molar-refractivity contribution < 1.29 is 18.8 Å². The first-order valence-corrected chi connectivity index (χ1v) is 8.64. The van der Waals surface area contributed by atoms with E-state index in [1.54, 1.807) is 6.92 Å². The molecule has 3 fully saturated rings. The lowest BCUT2D eigenvalue weighted by molar-refractivity contribution is -0.154. The van der Waals surface area contributed by atoms with Crippen LogP contribution in [-0.2, 0) is 20.8 Å². The van der Waals surface area contributed by atoms with Gasteiger partial charge in [-0.15, -0.1) is 0 Å². The van der Waals surface area contributed by atoms with Crippen molar-refractivity contribution in [3.8, 4) is 0 Å². The molecule has 0 radical (unpaired) electrons. The molecule has 8 nitrogen and oxygen atoms in total. The standard InChI is InChI=1S/C16H24N4O4/c1-12-17-14(18-24-12)9-19-8-13-10-23-5-2-16(13,11-19)15(21)20-3-6-22-7-4-20/h13H,2-11H2,1H3. The molecule has 0 spiro atoms. The highest BCUT2D eigenvalue weighted by Gasteiger charge is 2.54. The lowest BCUT2D eigenvalue weighted by Crippen LogP contribution is -2.54. The van der Waals surface area contributed by atoms with Gasteiger partial charge in [-0.1, -0.05) is 5.16 Å². The number of amides is 1. The van der Waals surface area contributed by atoms with Crippen LogP contribution in [0, 0.1) is 18.3 Å². The van der Waals surface area contributed by atoms with Crippen LogP contribution in [0.2, 0.25) is 0 Å². The Hall–Kier alpha value is -1.51. The molecule has 3 saturated heterocycles. The third-order valence-electron chi connectivity index (χ3n) is 5.44. The van der Waals surface area contributed by atoms with Gasteiger partial charge in [-0.3, -0.25) is 9.69 Å². The number of likely N-dealkylation sites (tertiary alicyclic amines) is 1. The number of nitrogens with zero attached hydrogens (tertiary/aromatic N) is 4. The van der Waals surface area contributed by atoms with Crippen molar-refractivity contribution in [1.29, 1.82) is 0 Å². The summed E-state index contributed by atoms with van der Waals surface area (Å²) in [6.45, 7) is 7.94. The Labute approximate surface area is 141 Å². The van der Waals surface area contributed by atoms with Gasteiger partial charge in [-0.2, -0.15) is 4.98 Å². The maximum atomic E-state index is 13.3. The zero-order valence-corrected chi connectivity index (χ0v) is 14.1. The van der Waals surface area contributed by atoms with Gasteiger partial charge >= 0.3 is 0 Å². The molecule has 3 aliphatic heterocycles. The molecular weight excluding hydrogens is 312 g/mol. The van der Waals surface area contributed by atoms with Crippen molar-refractivity contribution in [1.82, 2.24) is 19.9 Å². The van der Waals surface area contributed by atoms with E-state index in [1.807, 2.05) is 4.90 Å². The molecule has 0 N–H and O–H groups in total. The van der Waals surface area contributed by atoms with Crippen molar-refractivity contribution >= 4 is 5.91 Å². The van der Waals surface area contributed by atoms with E-state index in [-0.39, 0.29) is 17.2 Å². The fraction of sp³-hybridized carbons (Fsp3) is 0.812. The van der Waals surface area contributed by atoms with Gasteiger partial charge in [0.05, 0.1) is 31.8 Å². The monoisotopic (exact) mass is 336 g/mol. The topological polar surface area (TPSA) is 80.9 Å². The molecule has 24 heavy (non-hydrogen) atoms. The highest BCUT2D eigenvalue weighted by Crippen LogP contribution is 2.44. The number of hydrogen-bond donors (Lipinski definition) is 0. The SMILES string of the molecule is Cc1nc(CN2CC3COCCC3(C(=O)N3CCOCC3)C2)no1. The average Bonchev–Trinajstić information content (AvgIpc) is 3.18. The Balaban J connectivity index is 1.51. The third-order valence-corrected chi connectivity index (χ3v) is 5.44. The minimum absolute atomic E-state index is 0.231. The molecule has 3 aliphatic rings. The maximum Gasteiger partial charge on any atom is 0.230 e. The summed E-state index contributed by atoms with van der Waals surface area (Å²) in [6, 6.07) is 0. The molecule has 0 saturated carbocycles. The Kier molecular flexibility index (Phi) is 4.28. The summed E-state index contributed by atoms with van der Waals surface area (Å²) in [4.78, 5) is 21.8. The molecule has 0 bridgehead atoms. The lowest BCUT2D eigenvalue weighted by Gasteiger charge is -2.41. The fourth-order valence-electron chi connectivity index (χ4n) is 4.21. The largest absolute Gasteiger partial charge is 0.381 e. The van der Waals surface area contributed by atoms with Gasteiger partial charge in [-0.25, -0.2) is 0 Å². The second kappa shape index (κ2) is 6.42. The van der Waals surface area contributed by atoms with E-state index in [9.17, 15) is 4.79 Å². The zero-order chi connectivity index (χ0) is 16.6. The van der Waals surface area contributed by atoms with E-state index in [1.165, 1.54) is 0 Å². The van der Waals surface area contributed by atoms with E-state index in [0.717, 1.165) is 19.5 Å². The summed E-state index contributed by atoms with van der Waals surface area (Å²) in [6.07, 6.45) is 0.787. The maximum absolute atomic E-state index is 13.3.